The van der Waals surface area contributed by atoms with E-state index in [1.54, 1.807) is 26.4 Å². The molecule has 0 aliphatic heterocycles. The Morgan fingerprint density at radius 3 is 2.33 bits per heavy atom. The van der Waals surface area contributed by atoms with E-state index in [4.69, 9.17) is 9.47 Å². The Kier molecular flexibility index (Phi) is 6.01. The lowest BCUT2D eigenvalue weighted by atomic mass is 10.1. The molecule has 24 heavy (non-hydrogen) atoms. The molecule has 1 amide bonds. The fourth-order valence-corrected chi connectivity index (χ4v) is 2.32. The van der Waals surface area contributed by atoms with Crippen molar-refractivity contribution in [1.29, 1.82) is 0 Å². The van der Waals surface area contributed by atoms with Gasteiger partial charge in [0.15, 0.2) is 11.5 Å². The monoisotopic (exact) mass is 325 g/mol. The number of nitrogens with one attached hydrogen (secondary N) is 1. The van der Waals surface area contributed by atoms with E-state index in [1.807, 2.05) is 56.3 Å². The average Bonchev–Trinajstić information content (AvgIpc) is 2.60. The van der Waals surface area contributed by atoms with Gasteiger partial charge in [-0.25, -0.2) is 0 Å². The second kappa shape index (κ2) is 8.20. The molecule has 2 rings (SSSR count). The molecule has 0 saturated heterocycles. The van der Waals surface area contributed by atoms with Crippen molar-refractivity contribution in [2.45, 2.75) is 19.9 Å². The third-order valence-electron chi connectivity index (χ3n) is 3.77. The standard InChI is InChI=1S/C20H23NO3/c1-14-5-7-16(8-6-14)9-12-20(22)21-15(2)17-10-11-18(23-3)19(13-17)24-4/h5-13,15H,1-4H3,(H,21,22)/b12-9+/t15-/m0/s1. The van der Waals surface area contributed by atoms with E-state index in [9.17, 15) is 4.79 Å². The summed E-state index contributed by atoms with van der Waals surface area (Å²) in [6.45, 7) is 3.96. The third kappa shape index (κ3) is 4.62. The molecule has 4 nitrogen and oxygen atoms in total. The van der Waals surface area contributed by atoms with Crippen LogP contribution in [-0.4, -0.2) is 20.1 Å². The Labute approximate surface area is 143 Å². The topological polar surface area (TPSA) is 47.6 Å². The summed E-state index contributed by atoms with van der Waals surface area (Å²) in [5, 5.41) is 2.94. The van der Waals surface area contributed by atoms with Crippen LogP contribution < -0.4 is 14.8 Å². The van der Waals surface area contributed by atoms with Gasteiger partial charge in [0.25, 0.3) is 0 Å². The van der Waals surface area contributed by atoms with E-state index in [-0.39, 0.29) is 11.9 Å². The zero-order valence-corrected chi connectivity index (χ0v) is 14.5. The largest absolute Gasteiger partial charge is 0.493 e. The fourth-order valence-electron chi connectivity index (χ4n) is 2.32. The van der Waals surface area contributed by atoms with Gasteiger partial charge in [0, 0.05) is 6.08 Å². The highest BCUT2D eigenvalue weighted by molar-refractivity contribution is 5.92. The van der Waals surface area contributed by atoms with E-state index in [1.165, 1.54) is 5.56 Å². The van der Waals surface area contributed by atoms with Gasteiger partial charge in [-0.1, -0.05) is 35.9 Å². The number of hydrogen-bond donors (Lipinski definition) is 1. The number of benzene rings is 2. The third-order valence-corrected chi connectivity index (χ3v) is 3.77. The zero-order chi connectivity index (χ0) is 17.5. The SMILES string of the molecule is COc1ccc([C@H](C)NC(=O)/C=C/c2ccc(C)cc2)cc1OC. The van der Waals surface area contributed by atoms with Crippen molar-refractivity contribution in [3.8, 4) is 11.5 Å². The number of carbonyl (C=O) groups is 1. The number of hydrogen-bond acceptors (Lipinski definition) is 3. The van der Waals surface area contributed by atoms with E-state index in [0.29, 0.717) is 11.5 Å². The number of aryl methyl sites for hydroxylation is 1. The second-order valence-electron chi connectivity index (χ2n) is 5.59. The molecule has 0 aliphatic carbocycles. The highest BCUT2D eigenvalue weighted by Gasteiger charge is 2.11. The predicted octanol–water partition coefficient (Wildman–Crippen LogP) is 3.90. The van der Waals surface area contributed by atoms with Crippen LogP contribution in [0.4, 0.5) is 0 Å². The number of carbonyl (C=O) groups excluding carboxylic acids is 1. The molecule has 0 aromatic heterocycles. The van der Waals surface area contributed by atoms with Crippen molar-refractivity contribution in [1.82, 2.24) is 5.32 Å². The Balaban J connectivity index is 2.02. The Hall–Kier alpha value is -2.75. The van der Waals surface area contributed by atoms with Crippen LogP contribution in [0.3, 0.4) is 0 Å². The molecule has 0 saturated carbocycles. The van der Waals surface area contributed by atoms with Crippen LogP contribution in [0, 0.1) is 6.92 Å². The number of ether oxygens (including phenoxy) is 2. The molecular weight excluding hydrogens is 302 g/mol. The maximum absolute atomic E-state index is 12.1. The minimum absolute atomic E-state index is 0.139. The number of methoxy groups -OCH3 is 2. The molecule has 0 heterocycles. The first-order chi connectivity index (χ1) is 11.5. The average molecular weight is 325 g/mol. The summed E-state index contributed by atoms with van der Waals surface area (Å²) < 4.78 is 10.5. The molecular formula is C20H23NO3. The summed E-state index contributed by atoms with van der Waals surface area (Å²) in [5.41, 5.74) is 3.14. The summed E-state index contributed by atoms with van der Waals surface area (Å²) in [4.78, 5) is 12.1. The Morgan fingerprint density at radius 2 is 1.71 bits per heavy atom. The fraction of sp³-hybridized carbons (Fsp3) is 0.250. The van der Waals surface area contributed by atoms with Gasteiger partial charge in [0.05, 0.1) is 20.3 Å². The van der Waals surface area contributed by atoms with Crippen LogP contribution in [-0.2, 0) is 4.79 Å². The van der Waals surface area contributed by atoms with Crippen molar-refractivity contribution in [2.24, 2.45) is 0 Å². The number of rotatable bonds is 6. The Morgan fingerprint density at radius 1 is 1.04 bits per heavy atom. The molecule has 126 valence electrons. The highest BCUT2D eigenvalue weighted by Crippen LogP contribution is 2.29. The lowest BCUT2D eigenvalue weighted by molar-refractivity contribution is -0.117. The first kappa shape index (κ1) is 17.6. The molecule has 1 atom stereocenters. The molecule has 0 aliphatic rings. The summed E-state index contributed by atoms with van der Waals surface area (Å²) in [6.07, 6.45) is 3.35. The van der Waals surface area contributed by atoms with Crippen LogP contribution in [0.5, 0.6) is 11.5 Å². The van der Waals surface area contributed by atoms with E-state index in [2.05, 4.69) is 5.32 Å². The van der Waals surface area contributed by atoms with Gasteiger partial charge in [0.2, 0.25) is 5.91 Å². The van der Waals surface area contributed by atoms with Crippen molar-refractivity contribution in [2.75, 3.05) is 14.2 Å². The molecule has 0 radical (unpaired) electrons. The lowest BCUT2D eigenvalue weighted by Crippen LogP contribution is -2.24. The van der Waals surface area contributed by atoms with Gasteiger partial charge < -0.3 is 14.8 Å². The van der Waals surface area contributed by atoms with Gasteiger partial charge in [-0.3, -0.25) is 4.79 Å². The molecule has 0 spiro atoms. The summed E-state index contributed by atoms with van der Waals surface area (Å²) in [6, 6.07) is 13.5. The maximum Gasteiger partial charge on any atom is 0.244 e. The molecule has 1 N–H and O–H groups in total. The van der Waals surface area contributed by atoms with Gasteiger partial charge in [-0.15, -0.1) is 0 Å². The van der Waals surface area contributed by atoms with E-state index in [0.717, 1.165) is 11.1 Å². The van der Waals surface area contributed by atoms with Gasteiger partial charge in [0.1, 0.15) is 0 Å². The second-order valence-corrected chi connectivity index (χ2v) is 5.59. The normalized spacial score (nSPS) is 12.0. The molecule has 2 aromatic rings. The quantitative estimate of drug-likeness (QED) is 0.819. The molecule has 0 fully saturated rings. The van der Waals surface area contributed by atoms with Gasteiger partial charge >= 0.3 is 0 Å². The molecule has 4 heteroatoms. The number of amides is 1. The minimum Gasteiger partial charge on any atom is -0.493 e. The molecule has 2 aromatic carbocycles. The van der Waals surface area contributed by atoms with Crippen molar-refractivity contribution >= 4 is 12.0 Å². The van der Waals surface area contributed by atoms with Gasteiger partial charge in [-0.2, -0.15) is 0 Å². The molecule has 0 bridgehead atoms. The van der Waals surface area contributed by atoms with Crippen LogP contribution in [0.15, 0.2) is 48.5 Å². The smallest absolute Gasteiger partial charge is 0.244 e. The van der Waals surface area contributed by atoms with Gasteiger partial charge in [-0.05, 0) is 43.2 Å². The van der Waals surface area contributed by atoms with Crippen molar-refractivity contribution in [3.05, 3.63) is 65.2 Å². The summed E-state index contributed by atoms with van der Waals surface area (Å²) in [5.74, 6) is 1.17. The first-order valence-corrected chi connectivity index (χ1v) is 7.80. The van der Waals surface area contributed by atoms with Crippen molar-refractivity contribution < 1.29 is 14.3 Å². The Bertz CT molecular complexity index is 720. The predicted molar refractivity (Wildman–Crippen MR) is 96.3 cm³/mol. The summed E-state index contributed by atoms with van der Waals surface area (Å²) in [7, 11) is 3.19. The molecule has 0 unspecified atom stereocenters. The minimum atomic E-state index is -0.141. The zero-order valence-electron chi connectivity index (χ0n) is 14.5. The van der Waals surface area contributed by atoms with Crippen LogP contribution in [0.2, 0.25) is 0 Å². The van der Waals surface area contributed by atoms with Crippen molar-refractivity contribution in [3.63, 3.8) is 0 Å². The van der Waals surface area contributed by atoms with Crippen LogP contribution in [0.25, 0.3) is 6.08 Å². The maximum atomic E-state index is 12.1. The van der Waals surface area contributed by atoms with E-state index >= 15 is 0 Å². The van der Waals surface area contributed by atoms with E-state index < -0.39 is 0 Å². The van der Waals surface area contributed by atoms with Crippen LogP contribution >= 0.6 is 0 Å². The lowest BCUT2D eigenvalue weighted by Gasteiger charge is -2.15. The van der Waals surface area contributed by atoms with Crippen LogP contribution in [0.1, 0.15) is 29.7 Å². The summed E-state index contributed by atoms with van der Waals surface area (Å²) >= 11 is 0. The highest BCUT2D eigenvalue weighted by atomic mass is 16.5. The first-order valence-electron chi connectivity index (χ1n) is 7.80.